The third-order valence-electron chi connectivity index (χ3n) is 3.18. The largest absolute Gasteiger partial charge is 0.496 e. The number of benzene rings is 1. The predicted octanol–water partition coefficient (Wildman–Crippen LogP) is 3.10. The van der Waals surface area contributed by atoms with Crippen molar-refractivity contribution in [2.75, 3.05) is 14.2 Å². The monoisotopic (exact) mass is 245 g/mol. The highest BCUT2D eigenvalue weighted by Gasteiger charge is 2.17. The van der Waals surface area contributed by atoms with E-state index in [1.807, 2.05) is 31.3 Å². The summed E-state index contributed by atoms with van der Waals surface area (Å²) in [6.07, 6.45) is 2.58. The first kappa shape index (κ1) is 12.7. The lowest BCUT2D eigenvalue weighted by Gasteiger charge is -2.16. The number of rotatable bonds is 5. The molecule has 0 aliphatic carbocycles. The summed E-state index contributed by atoms with van der Waals surface area (Å²) in [7, 11) is 3.65. The summed E-state index contributed by atoms with van der Waals surface area (Å²) in [5.41, 5.74) is 2.35. The van der Waals surface area contributed by atoms with Gasteiger partial charge in [-0.3, -0.25) is 0 Å². The molecule has 1 aromatic heterocycles. The highest BCUT2D eigenvalue weighted by molar-refractivity contribution is 5.35. The second-order valence-electron chi connectivity index (χ2n) is 4.33. The van der Waals surface area contributed by atoms with E-state index in [1.165, 1.54) is 11.1 Å². The number of hydrogen-bond acceptors (Lipinski definition) is 3. The van der Waals surface area contributed by atoms with Crippen LogP contribution in [0.3, 0.4) is 0 Å². The Balaban J connectivity index is 2.23. The topological polar surface area (TPSA) is 34.4 Å². The maximum Gasteiger partial charge on any atom is 0.123 e. The first-order valence-corrected chi connectivity index (χ1v) is 6.09. The van der Waals surface area contributed by atoms with Gasteiger partial charge in [-0.05, 0) is 43.7 Å². The van der Waals surface area contributed by atoms with Gasteiger partial charge in [0.2, 0.25) is 0 Å². The number of furan rings is 1. The minimum Gasteiger partial charge on any atom is -0.496 e. The minimum atomic E-state index is 0.163. The second-order valence-corrected chi connectivity index (χ2v) is 4.33. The van der Waals surface area contributed by atoms with Gasteiger partial charge in [-0.1, -0.05) is 18.2 Å². The van der Waals surface area contributed by atoms with E-state index < -0.39 is 0 Å². The van der Waals surface area contributed by atoms with Gasteiger partial charge in [0.1, 0.15) is 11.5 Å². The Hall–Kier alpha value is -1.74. The normalized spacial score (nSPS) is 12.4. The molecule has 1 atom stereocenters. The molecule has 0 spiro atoms. The van der Waals surface area contributed by atoms with Crippen molar-refractivity contribution in [1.29, 1.82) is 0 Å². The number of para-hydroxylation sites is 1. The molecule has 96 valence electrons. The van der Waals surface area contributed by atoms with E-state index in [9.17, 15) is 0 Å². The van der Waals surface area contributed by atoms with E-state index >= 15 is 0 Å². The summed E-state index contributed by atoms with van der Waals surface area (Å²) in [5.74, 6) is 1.91. The molecule has 3 heteroatoms. The van der Waals surface area contributed by atoms with Crippen LogP contribution in [0.4, 0.5) is 0 Å². The summed E-state index contributed by atoms with van der Waals surface area (Å²) in [5, 5.41) is 3.30. The Morgan fingerprint density at radius 3 is 2.67 bits per heavy atom. The van der Waals surface area contributed by atoms with Crippen LogP contribution in [0.5, 0.6) is 5.75 Å². The van der Waals surface area contributed by atoms with E-state index in [-0.39, 0.29) is 6.04 Å². The summed E-state index contributed by atoms with van der Waals surface area (Å²) in [4.78, 5) is 0. The van der Waals surface area contributed by atoms with Crippen molar-refractivity contribution in [2.24, 2.45) is 0 Å². The van der Waals surface area contributed by atoms with E-state index in [4.69, 9.17) is 9.15 Å². The fourth-order valence-corrected chi connectivity index (χ4v) is 2.16. The third-order valence-corrected chi connectivity index (χ3v) is 3.18. The Morgan fingerprint density at radius 2 is 2.06 bits per heavy atom. The van der Waals surface area contributed by atoms with Crippen molar-refractivity contribution >= 4 is 0 Å². The van der Waals surface area contributed by atoms with Crippen LogP contribution in [0.25, 0.3) is 0 Å². The second kappa shape index (κ2) is 5.74. The van der Waals surface area contributed by atoms with Crippen LogP contribution in [0.2, 0.25) is 0 Å². The van der Waals surface area contributed by atoms with E-state index in [2.05, 4.69) is 18.3 Å². The zero-order valence-corrected chi connectivity index (χ0v) is 11.1. The highest BCUT2D eigenvalue weighted by Crippen LogP contribution is 2.26. The van der Waals surface area contributed by atoms with Gasteiger partial charge in [0.05, 0.1) is 19.4 Å². The molecule has 0 aliphatic rings. The molecule has 3 nitrogen and oxygen atoms in total. The predicted molar refractivity (Wildman–Crippen MR) is 71.9 cm³/mol. The average molecular weight is 245 g/mol. The van der Waals surface area contributed by atoms with Gasteiger partial charge in [0.15, 0.2) is 0 Å². The zero-order chi connectivity index (χ0) is 13.0. The zero-order valence-electron chi connectivity index (χ0n) is 11.1. The number of aryl methyl sites for hydroxylation is 1. The van der Waals surface area contributed by atoms with Crippen molar-refractivity contribution in [3.8, 4) is 5.75 Å². The maximum atomic E-state index is 5.56. The van der Waals surface area contributed by atoms with Gasteiger partial charge in [-0.15, -0.1) is 0 Å². The Labute approximate surface area is 108 Å². The van der Waals surface area contributed by atoms with Crippen molar-refractivity contribution < 1.29 is 9.15 Å². The number of ether oxygens (including phenoxy) is 1. The summed E-state index contributed by atoms with van der Waals surface area (Å²) in [6, 6.07) is 10.2. The molecule has 0 saturated heterocycles. The SMILES string of the molecule is CNC(Cc1ccccc1OC)c1occc1C. The quantitative estimate of drug-likeness (QED) is 0.879. The van der Waals surface area contributed by atoms with Crippen molar-refractivity contribution in [1.82, 2.24) is 5.32 Å². The Kier molecular flexibility index (Phi) is 4.05. The van der Waals surface area contributed by atoms with Crippen LogP contribution in [0.1, 0.15) is 22.9 Å². The van der Waals surface area contributed by atoms with Gasteiger partial charge >= 0.3 is 0 Å². The van der Waals surface area contributed by atoms with Crippen LogP contribution < -0.4 is 10.1 Å². The molecule has 1 N–H and O–H groups in total. The van der Waals surface area contributed by atoms with Crippen molar-refractivity contribution in [3.05, 3.63) is 53.5 Å². The number of likely N-dealkylation sites (N-methyl/N-ethyl adjacent to an activating group) is 1. The lowest BCUT2D eigenvalue weighted by Crippen LogP contribution is -2.19. The molecule has 2 aromatic rings. The Bertz CT molecular complexity index is 505. The first-order valence-electron chi connectivity index (χ1n) is 6.09. The van der Waals surface area contributed by atoms with Crippen LogP contribution in [0, 0.1) is 6.92 Å². The van der Waals surface area contributed by atoms with Crippen LogP contribution in [-0.2, 0) is 6.42 Å². The van der Waals surface area contributed by atoms with Gasteiger partial charge in [-0.2, -0.15) is 0 Å². The molecular weight excluding hydrogens is 226 g/mol. The van der Waals surface area contributed by atoms with Crippen LogP contribution in [-0.4, -0.2) is 14.2 Å². The molecule has 18 heavy (non-hydrogen) atoms. The van der Waals surface area contributed by atoms with Gasteiger partial charge < -0.3 is 14.5 Å². The minimum absolute atomic E-state index is 0.163. The van der Waals surface area contributed by atoms with Gasteiger partial charge in [0, 0.05) is 0 Å². The fraction of sp³-hybridized carbons (Fsp3) is 0.333. The lowest BCUT2D eigenvalue weighted by atomic mass is 10.0. The first-order chi connectivity index (χ1) is 8.76. The highest BCUT2D eigenvalue weighted by atomic mass is 16.5. The van der Waals surface area contributed by atoms with Crippen molar-refractivity contribution in [2.45, 2.75) is 19.4 Å². The Morgan fingerprint density at radius 1 is 1.28 bits per heavy atom. The molecule has 0 fully saturated rings. The van der Waals surface area contributed by atoms with E-state index in [0.717, 1.165) is 17.9 Å². The summed E-state index contributed by atoms with van der Waals surface area (Å²) < 4.78 is 10.9. The molecule has 0 radical (unpaired) electrons. The molecule has 0 saturated carbocycles. The molecule has 1 unspecified atom stereocenters. The van der Waals surface area contributed by atoms with E-state index in [0.29, 0.717) is 0 Å². The van der Waals surface area contributed by atoms with Crippen molar-refractivity contribution in [3.63, 3.8) is 0 Å². The third kappa shape index (κ3) is 2.57. The van der Waals surface area contributed by atoms with E-state index in [1.54, 1.807) is 13.4 Å². The van der Waals surface area contributed by atoms with Crippen LogP contribution in [0.15, 0.2) is 41.0 Å². The average Bonchev–Trinajstić information content (AvgIpc) is 2.82. The molecule has 0 aliphatic heterocycles. The summed E-state index contributed by atoms with van der Waals surface area (Å²) in [6.45, 7) is 2.06. The molecular formula is C15H19NO2. The number of nitrogens with one attached hydrogen (secondary N) is 1. The van der Waals surface area contributed by atoms with Crippen LogP contribution >= 0.6 is 0 Å². The molecule has 0 bridgehead atoms. The molecule has 0 amide bonds. The molecule has 1 heterocycles. The smallest absolute Gasteiger partial charge is 0.123 e. The standard InChI is InChI=1S/C15H19NO2/c1-11-8-9-18-15(11)13(16-2)10-12-6-4-5-7-14(12)17-3/h4-9,13,16H,10H2,1-3H3. The van der Waals surface area contributed by atoms with Gasteiger partial charge in [-0.25, -0.2) is 0 Å². The molecule has 1 aromatic carbocycles. The number of hydrogen-bond donors (Lipinski definition) is 1. The summed E-state index contributed by atoms with van der Waals surface area (Å²) >= 11 is 0. The number of methoxy groups -OCH3 is 1. The van der Waals surface area contributed by atoms with Gasteiger partial charge in [0.25, 0.3) is 0 Å². The fourth-order valence-electron chi connectivity index (χ4n) is 2.16. The lowest BCUT2D eigenvalue weighted by molar-refractivity contribution is 0.396. The molecule has 2 rings (SSSR count). The maximum absolute atomic E-state index is 5.56.